The number of amides is 1. The van der Waals surface area contributed by atoms with E-state index in [0.29, 0.717) is 15.1 Å². The third-order valence-corrected chi connectivity index (χ3v) is 2.75. The lowest BCUT2D eigenvalue weighted by Gasteiger charge is -2.19. The van der Waals surface area contributed by atoms with Crippen molar-refractivity contribution >= 4 is 39.4 Å². The van der Waals surface area contributed by atoms with Crippen LogP contribution in [0.5, 0.6) is 0 Å². The molecule has 0 saturated heterocycles. The maximum atomic E-state index is 12.1. The Balaban J connectivity index is 3.00. The molecule has 0 aliphatic carbocycles. The smallest absolute Gasteiger partial charge is 0.323 e. The standard InChI is InChI=1S/C12H11BrClNO3/c1-2-3-15(7-11(16)17)12(18)8-4-9(13)6-10(14)5-8/h2,4-6H,1,3,7H2,(H,16,17). The molecule has 0 fully saturated rings. The Labute approximate surface area is 118 Å². The molecular formula is C12H11BrClNO3. The molecule has 0 aromatic heterocycles. The summed E-state index contributed by atoms with van der Waals surface area (Å²) < 4.78 is 0.659. The van der Waals surface area contributed by atoms with Crippen molar-refractivity contribution in [2.75, 3.05) is 13.1 Å². The van der Waals surface area contributed by atoms with E-state index in [9.17, 15) is 9.59 Å². The molecule has 4 nitrogen and oxygen atoms in total. The number of carboxylic acids is 1. The van der Waals surface area contributed by atoms with Gasteiger partial charge in [-0.3, -0.25) is 9.59 Å². The van der Waals surface area contributed by atoms with Gasteiger partial charge in [-0.15, -0.1) is 6.58 Å². The maximum Gasteiger partial charge on any atom is 0.323 e. The summed E-state index contributed by atoms with van der Waals surface area (Å²) in [7, 11) is 0. The van der Waals surface area contributed by atoms with Crippen LogP contribution >= 0.6 is 27.5 Å². The van der Waals surface area contributed by atoms with E-state index in [1.165, 1.54) is 17.0 Å². The first kappa shape index (κ1) is 14.7. The molecule has 1 amide bonds. The number of hydrogen-bond acceptors (Lipinski definition) is 2. The van der Waals surface area contributed by atoms with E-state index in [4.69, 9.17) is 16.7 Å². The van der Waals surface area contributed by atoms with Crippen molar-refractivity contribution in [3.63, 3.8) is 0 Å². The monoisotopic (exact) mass is 331 g/mol. The van der Waals surface area contributed by atoms with Gasteiger partial charge in [-0.1, -0.05) is 33.6 Å². The van der Waals surface area contributed by atoms with Crippen molar-refractivity contribution in [3.8, 4) is 0 Å². The third-order valence-electron chi connectivity index (χ3n) is 2.07. The van der Waals surface area contributed by atoms with E-state index in [1.807, 2.05) is 0 Å². The molecule has 1 aromatic rings. The van der Waals surface area contributed by atoms with Crippen LogP contribution in [-0.2, 0) is 4.79 Å². The Bertz CT molecular complexity index is 470. The molecule has 0 heterocycles. The first-order valence-electron chi connectivity index (χ1n) is 5.02. The fourth-order valence-corrected chi connectivity index (χ4v) is 2.26. The second-order valence-electron chi connectivity index (χ2n) is 3.53. The van der Waals surface area contributed by atoms with Gasteiger partial charge in [-0.05, 0) is 18.2 Å². The Kier molecular flexibility index (Phi) is 5.37. The predicted molar refractivity (Wildman–Crippen MR) is 72.9 cm³/mol. The average Bonchev–Trinajstić information content (AvgIpc) is 2.25. The second kappa shape index (κ2) is 6.56. The molecule has 0 aliphatic rings. The minimum atomic E-state index is -1.08. The molecule has 0 aliphatic heterocycles. The largest absolute Gasteiger partial charge is 0.480 e. The molecule has 0 unspecified atom stereocenters. The van der Waals surface area contributed by atoms with Gasteiger partial charge in [0.15, 0.2) is 0 Å². The second-order valence-corrected chi connectivity index (χ2v) is 4.88. The van der Waals surface area contributed by atoms with Gasteiger partial charge >= 0.3 is 5.97 Å². The molecule has 1 N–H and O–H groups in total. The number of hydrogen-bond donors (Lipinski definition) is 1. The first-order chi connectivity index (χ1) is 8.43. The van der Waals surface area contributed by atoms with Crippen LogP contribution < -0.4 is 0 Å². The van der Waals surface area contributed by atoms with Crippen molar-refractivity contribution in [3.05, 3.63) is 45.9 Å². The quantitative estimate of drug-likeness (QED) is 0.844. The van der Waals surface area contributed by atoms with Crippen molar-refractivity contribution < 1.29 is 14.7 Å². The van der Waals surface area contributed by atoms with Crippen LogP contribution in [-0.4, -0.2) is 35.0 Å². The highest BCUT2D eigenvalue weighted by Crippen LogP contribution is 2.20. The van der Waals surface area contributed by atoms with E-state index in [1.54, 1.807) is 12.1 Å². The summed E-state index contributed by atoms with van der Waals surface area (Å²) in [5, 5.41) is 9.16. The van der Waals surface area contributed by atoms with Crippen LogP contribution in [0.15, 0.2) is 35.3 Å². The van der Waals surface area contributed by atoms with Gasteiger partial charge in [0.1, 0.15) is 6.54 Å². The molecular weight excluding hydrogens is 321 g/mol. The zero-order valence-corrected chi connectivity index (χ0v) is 11.7. The first-order valence-corrected chi connectivity index (χ1v) is 6.19. The predicted octanol–water partition coefficient (Wildman–Crippen LogP) is 2.82. The molecule has 0 atom stereocenters. The van der Waals surface area contributed by atoms with Gasteiger partial charge in [0.05, 0.1) is 0 Å². The van der Waals surface area contributed by atoms with E-state index >= 15 is 0 Å². The van der Waals surface area contributed by atoms with Crippen LogP contribution in [0.4, 0.5) is 0 Å². The number of aliphatic carboxylic acids is 1. The van der Waals surface area contributed by atoms with E-state index in [-0.39, 0.29) is 13.1 Å². The summed E-state index contributed by atoms with van der Waals surface area (Å²) in [6.45, 7) is 3.28. The van der Waals surface area contributed by atoms with Gasteiger partial charge in [-0.25, -0.2) is 0 Å². The number of nitrogens with zero attached hydrogens (tertiary/aromatic N) is 1. The number of benzene rings is 1. The van der Waals surface area contributed by atoms with E-state index in [0.717, 1.165) is 0 Å². The molecule has 0 saturated carbocycles. The van der Waals surface area contributed by atoms with Crippen molar-refractivity contribution in [2.24, 2.45) is 0 Å². The minimum Gasteiger partial charge on any atom is -0.480 e. The van der Waals surface area contributed by atoms with Gasteiger partial charge in [0.2, 0.25) is 0 Å². The summed E-state index contributed by atoms with van der Waals surface area (Å²) in [6.07, 6.45) is 1.47. The SMILES string of the molecule is C=CCN(CC(=O)O)C(=O)c1cc(Cl)cc(Br)c1. The molecule has 0 spiro atoms. The topological polar surface area (TPSA) is 57.6 Å². The normalized spacial score (nSPS) is 9.89. The van der Waals surface area contributed by atoms with Crippen LogP contribution in [0.1, 0.15) is 10.4 Å². The number of carboxylic acid groups (broad SMARTS) is 1. The highest BCUT2D eigenvalue weighted by atomic mass is 79.9. The number of halogens is 2. The molecule has 0 radical (unpaired) electrons. The van der Waals surface area contributed by atoms with Crippen LogP contribution in [0.2, 0.25) is 5.02 Å². The van der Waals surface area contributed by atoms with E-state index < -0.39 is 11.9 Å². The minimum absolute atomic E-state index is 0.162. The number of carbonyl (C=O) groups is 2. The lowest BCUT2D eigenvalue weighted by Crippen LogP contribution is -2.35. The third kappa shape index (κ3) is 4.16. The summed E-state index contributed by atoms with van der Waals surface area (Å²) in [5.74, 6) is -1.48. The van der Waals surface area contributed by atoms with Crippen LogP contribution in [0.3, 0.4) is 0 Å². The van der Waals surface area contributed by atoms with Crippen molar-refractivity contribution in [2.45, 2.75) is 0 Å². The highest BCUT2D eigenvalue weighted by molar-refractivity contribution is 9.10. The molecule has 6 heteroatoms. The summed E-state index contributed by atoms with van der Waals surface area (Å²) >= 11 is 9.07. The average molecular weight is 333 g/mol. The van der Waals surface area contributed by atoms with Crippen LogP contribution in [0, 0.1) is 0 Å². The summed E-state index contributed by atoms with van der Waals surface area (Å²) in [6, 6.07) is 4.73. The fourth-order valence-electron chi connectivity index (χ4n) is 1.40. The van der Waals surface area contributed by atoms with Gasteiger partial charge in [0.25, 0.3) is 5.91 Å². The molecule has 1 rings (SSSR count). The lowest BCUT2D eigenvalue weighted by molar-refractivity contribution is -0.137. The molecule has 1 aromatic carbocycles. The Hall–Kier alpha value is -1.33. The lowest BCUT2D eigenvalue weighted by atomic mass is 10.2. The number of carbonyl (C=O) groups excluding carboxylic acids is 1. The summed E-state index contributed by atoms with van der Waals surface area (Å²) in [5.41, 5.74) is 0.331. The zero-order chi connectivity index (χ0) is 13.7. The Morgan fingerprint density at radius 3 is 2.61 bits per heavy atom. The van der Waals surface area contributed by atoms with Gasteiger partial charge < -0.3 is 10.0 Å². The van der Waals surface area contributed by atoms with Crippen molar-refractivity contribution in [1.82, 2.24) is 4.90 Å². The van der Waals surface area contributed by atoms with Crippen LogP contribution in [0.25, 0.3) is 0 Å². The van der Waals surface area contributed by atoms with Crippen molar-refractivity contribution in [1.29, 1.82) is 0 Å². The van der Waals surface area contributed by atoms with Gasteiger partial charge in [0, 0.05) is 21.6 Å². The molecule has 96 valence electrons. The zero-order valence-electron chi connectivity index (χ0n) is 9.40. The molecule has 0 bridgehead atoms. The maximum absolute atomic E-state index is 12.1. The molecule has 18 heavy (non-hydrogen) atoms. The Morgan fingerprint density at radius 2 is 2.11 bits per heavy atom. The Morgan fingerprint density at radius 1 is 1.44 bits per heavy atom. The van der Waals surface area contributed by atoms with E-state index in [2.05, 4.69) is 22.5 Å². The van der Waals surface area contributed by atoms with Gasteiger partial charge in [-0.2, -0.15) is 0 Å². The summed E-state index contributed by atoms with van der Waals surface area (Å²) in [4.78, 5) is 24.0. The number of rotatable bonds is 5. The fraction of sp³-hybridized carbons (Fsp3) is 0.167. The highest BCUT2D eigenvalue weighted by Gasteiger charge is 2.18.